The molecule has 0 aromatic carbocycles. The minimum atomic E-state index is -4.36. The summed E-state index contributed by atoms with van der Waals surface area (Å²) in [7, 11) is 0. The van der Waals surface area contributed by atoms with Crippen molar-refractivity contribution in [3.63, 3.8) is 0 Å². The fraction of sp³-hybridized carbons (Fsp3) is 0.800. The number of halogens is 3. The first-order valence-electron chi connectivity index (χ1n) is 3.50. The van der Waals surface area contributed by atoms with E-state index in [9.17, 15) is 13.2 Å². The smallest absolute Gasteiger partial charge is 0.324 e. The summed E-state index contributed by atoms with van der Waals surface area (Å²) >= 11 is 0. The van der Waals surface area contributed by atoms with E-state index < -0.39 is 12.2 Å². The fourth-order valence-corrected chi connectivity index (χ4v) is 0.786. The lowest BCUT2D eigenvalue weighted by molar-refractivity contribution is -0.166. The lowest BCUT2D eigenvalue weighted by Crippen LogP contribution is -2.27. The van der Waals surface area contributed by atoms with Crippen molar-refractivity contribution in [1.82, 2.24) is 20.2 Å². The van der Waals surface area contributed by atoms with Crippen molar-refractivity contribution in [3.8, 4) is 0 Å². The Morgan fingerprint density at radius 2 is 2.15 bits per heavy atom. The number of aromatic nitrogens is 4. The second-order valence-electron chi connectivity index (χ2n) is 2.46. The fourth-order valence-electron chi connectivity index (χ4n) is 0.786. The maximum absolute atomic E-state index is 12.2. The van der Waals surface area contributed by atoms with Crippen LogP contribution in [0, 0.1) is 0 Å². The molecule has 1 unspecified atom stereocenters. The van der Waals surface area contributed by atoms with Gasteiger partial charge in [-0.25, -0.2) is 4.68 Å². The standard InChI is InChI=1S/C5H8F3N5/c1-3(5(6,7)8)13-4(2-9)10-11-12-13/h3H,2,9H2,1H3. The van der Waals surface area contributed by atoms with Gasteiger partial charge in [0.05, 0.1) is 6.54 Å². The van der Waals surface area contributed by atoms with Crippen LogP contribution in [0.4, 0.5) is 13.2 Å². The van der Waals surface area contributed by atoms with Gasteiger partial charge >= 0.3 is 6.18 Å². The van der Waals surface area contributed by atoms with E-state index in [1.165, 1.54) is 0 Å². The summed E-state index contributed by atoms with van der Waals surface area (Å²) in [4.78, 5) is 0. The van der Waals surface area contributed by atoms with Gasteiger partial charge in [0.25, 0.3) is 0 Å². The number of nitrogens with two attached hydrogens (primary N) is 1. The predicted molar refractivity (Wildman–Crippen MR) is 36.5 cm³/mol. The van der Waals surface area contributed by atoms with Crippen molar-refractivity contribution in [2.24, 2.45) is 5.73 Å². The Bertz CT molecular complexity index is 280. The molecule has 0 fully saturated rings. The Labute approximate surface area is 71.7 Å². The minimum Gasteiger partial charge on any atom is -0.324 e. The molecule has 2 N–H and O–H groups in total. The van der Waals surface area contributed by atoms with Gasteiger partial charge in [-0.2, -0.15) is 13.2 Å². The monoisotopic (exact) mass is 195 g/mol. The molecule has 0 radical (unpaired) electrons. The molecule has 0 bridgehead atoms. The van der Waals surface area contributed by atoms with Crippen LogP contribution in [0.15, 0.2) is 0 Å². The van der Waals surface area contributed by atoms with E-state index in [2.05, 4.69) is 15.5 Å². The number of alkyl halides is 3. The van der Waals surface area contributed by atoms with Gasteiger partial charge in [-0.1, -0.05) is 0 Å². The highest BCUT2D eigenvalue weighted by Gasteiger charge is 2.39. The maximum atomic E-state index is 12.2. The summed E-state index contributed by atoms with van der Waals surface area (Å²) < 4.78 is 37.2. The first kappa shape index (κ1) is 9.90. The van der Waals surface area contributed by atoms with Crippen molar-refractivity contribution in [2.45, 2.75) is 25.7 Å². The molecule has 5 nitrogen and oxygen atoms in total. The van der Waals surface area contributed by atoms with Gasteiger partial charge < -0.3 is 5.73 Å². The lowest BCUT2D eigenvalue weighted by Gasteiger charge is -2.15. The van der Waals surface area contributed by atoms with Gasteiger partial charge in [-0.15, -0.1) is 5.10 Å². The first-order chi connectivity index (χ1) is 5.96. The highest BCUT2D eigenvalue weighted by atomic mass is 19.4. The summed E-state index contributed by atoms with van der Waals surface area (Å²) in [6, 6.07) is -1.75. The highest BCUT2D eigenvalue weighted by molar-refractivity contribution is 4.83. The van der Waals surface area contributed by atoms with Gasteiger partial charge in [-0.05, 0) is 17.4 Å². The average molecular weight is 195 g/mol. The third-order valence-corrected chi connectivity index (χ3v) is 1.58. The van der Waals surface area contributed by atoms with Crippen LogP contribution in [0.5, 0.6) is 0 Å². The normalized spacial score (nSPS) is 14.5. The molecule has 0 spiro atoms. The Kier molecular flexibility index (Phi) is 2.50. The van der Waals surface area contributed by atoms with Crippen LogP contribution in [0.2, 0.25) is 0 Å². The molecule has 1 heterocycles. The Balaban J connectivity index is 2.94. The number of hydrogen-bond donors (Lipinski definition) is 1. The topological polar surface area (TPSA) is 69.6 Å². The first-order valence-corrected chi connectivity index (χ1v) is 3.50. The number of nitrogens with zero attached hydrogens (tertiary/aromatic N) is 4. The Morgan fingerprint density at radius 1 is 1.54 bits per heavy atom. The van der Waals surface area contributed by atoms with E-state index in [-0.39, 0.29) is 12.4 Å². The van der Waals surface area contributed by atoms with Crippen molar-refractivity contribution < 1.29 is 13.2 Å². The molecule has 0 saturated heterocycles. The Morgan fingerprint density at radius 3 is 2.62 bits per heavy atom. The van der Waals surface area contributed by atoms with Crippen molar-refractivity contribution >= 4 is 0 Å². The number of rotatable bonds is 2. The van der Waals surface area contributed by atoms with E-state index in [0.717, 1.165) is 6.92 Å². The van der Waals surface area contributed by atoms with Crippen molar-refractivity contribution in [3.05, 3.63) is 5.82 Å². The second kappa shape index (κ2) is 3.29. The van der Waals surface area contributed by atoms with E-state index in [1.807, 2.05) is 0 Å². The molecule has 1 aromatic heterocycles. The van der Waals surface area contributed by atoms with Crippen LogP contribution < -0.4 is 5.73 Å². The van der Waals surface area contributed by atoms with Gasteiger partial charge in [0, 0.05) is 0 Å². The third kappa shape index (κ3) is 1.94. The summed E-state index contributed by atoms with van der Waals surface area (Å²) in [5.74, 6) is 0.0184. The molecule has 0 aliphatic carbocycles. The molecule has 1 rings (SSSR count). The van der Waals surface area contributed by atoms with Gasteiger partial charge in [0.2, 0.25) is 0 Å². The van der Waals surface area contributed by atoms with Crippen molar-refractivity contribution in [1.29, 1.82) is 0 Å². The zero-order valence-corrected chi connectivity index (χ0v) is 6.78. The van der Waals surface area contributed by atoms with E-state index in [4.69, 9.17) is 5.73 Å². The predicted octanol–water partition coefficient (Wildman–Crippen LogP) is 0.255. The van der Waals surface area contributed by atoms with E-state index in [1.54, 1.807) is 0 Å². The molecule has 1 atom stereocenters. The zero-order chi connectivity index (χ0) is 10.1. The van der Waals surface area contributed by atoms with Crippen LogP contribution in [-0.2, 0) is 6.54 Å². The molecule has 0 aliphatic heterocycles. The minimum absolute atomic E-state index is 0.0184. The maximum Gasteiger partial charge on any atom is 0.410 e. The van der Waals surface area contributed by atoms with Crippen LogP contribution in [-0.4, -0.2) is 26.4 Å². The van der Waals surface area contributed by atoms with Crippen LogP contribution >= 0.6 is 0 Å². The summed E-state index contributed by atoms with van der Waals surface area (Å²) in [6.07, 6.45) is -4.36. The number of hydrogen-bond acceptors (Lipinski definition) is 4. The molecule has 13 heavy (non-hydrogen) atoms. The zero-order valence-electron chi connectivity index (χ0n) is 6.78. The molecule has 0 amide bonds. The van der Waals surface area contributed by atoms with Gasteiger partial charge in [-0.3, -0.25) is 0 Å². The third-order valence-electron chi connectivity index (χ3n) is 1.58. The summed E-state index contributed by atoms with van der Waals surface area (Å²) in [6.45, 7) is 0.850. The molecular weight excluding hydrogens is 187 g/mol. The second-order valence-corrected chi connectivity index (χ2v) is 2.46. The highest BCUT2D eigenvalue weighted by Crippen LogP contribution is 2.29. The Hall–Kier alpha value is -1.18. The average Bonchev–Trinajstić information content (AvgIpc) is 2.48. The van der Waals surface area contributed by atoms with Crippen LogP contribution in [0.25, 0.3) is 0 Å². The quantitative estimate of drug-likeness (QED) is 0.734. The van der Waals surface area contributed by atoms with Crippen molar-refractivity contribution in [2.75, 3.05) is 0 Å². The van der Waals surface area contributed by atoms with Gasteiger partial charge in [0.1, 0.15) is 6.04 Å². The molecule has 74 valence electrons. The molecule has 1 aromatic rings. The molecule has 0 aliphatic rings. The molecule has 8 heteroatoms. The number of tetrazole rings is 1. The van der Waals surface area contributed by atoms with Crippen LogP contribution in [0.1, 0.15) is 18.8 Å². The largest absolute Gasteiger partial charge is 0.410 e. The SMILES string of the molecule is CC(n1nnnc1CN)C(F)(F)F. The van der Waals surface area contributed by atoms with E-state index >= 15 is 0 Å². The van der Waals surface area contributed by atoms with Gasteiger partial charge in [0.15, 0.2) is 5.82 Å². The summed E-state index contributed by atoms with van der Waals surface area (Å²) in [5.41, 5.74) is 5.15. The molecular formula is C5H8F3N5. The lowest BCUT2D eigenvalue weighted by atomic mass is 10.3. The van der Waals surface area contributed by atoms with E-state index in [0.29, 0.717) is 4.68 Å². The summed E-state index contributed by atoms with van der Waals surface area (Å²) in [5, 5.41) is 9.67. The van der Waals surface area contributed by atoms with Crippen LogP contribution in [0.3, 0.4) is 0 Å². The molecule has 0 saturated carbocycles.